The molecule has 3 aromatic rings. The summed E-state index contributed by atoms with van der Waals surface area (Å²) in [6.45, 7) is 0. The zero-order valence-electron chi connectivity index (χ0n) is 11.8. The molecule has 4 nitrogen and oxygen atoms in total. The van der Waals surface area contributed by atoms with Crippen LogP contribution >= 0.6 is 27.5 Å². The van der Waals surface area contributed by atoms with E-state index >= 15 is 0 Å². The van der Waals surface area contributed by atoms with Gasteiger partial charge < -0.3 is 4.90 Å². The van der Waals surface area contributed by atoms with Crippen molar-refractivity contribution in [3.05, 3.63) is 51.4 Å². The zero-order chi connectivity index (χ0) is 16.6. The molecule has 0 fully saturated rings. The average Bonchev–Trinajstić information content (AvgIpc) is 3.04. The van der Waals surface area contributed by atoms with E-state index in [1.165, 1.54) is 4.90 Å². The minimum atomic E-state index is -2.83. The third kappa shape index (κ3) is 2.84. The molecule has 0 aliphatic rings. The molecule has 0 radical (unpaired) electrons. The van der Waals surface area contributed by atoms with E-state index in [1.807, 2.05) is 30.3 Å². The molecule has 0 unspecified atom stereocenters. The number of rotatable bonds is 3. The van der Waals surface area contributed by atoms with Gasteiger partial charge in [-0.15, -0.1) is 5.10 Å². The fourth-order valence-corrected chi connectivity index (χ4v) is 3.42. The van der Waals surface area contributed by atoms with Crippen LogP contribution in [0.4, 0.5) is 14.5 Å². The number of halogens is 3. The molecule has 23 heavy (non-hydrogen) atoms. The molecule has 0 atom stereocenters. The van der Waals surface area contributed by atoms with E-state index in [0.717, 1.165) is 15.2 Å². The number of amides is 1. The van der Waals surface area contributed by atoms with Crippen molar-refractivity contribution < 1.29 is 13.6 Å². The van der Waals surface area contributed by atoms with Crippen molar-refractivity contribution in [2.24, 2.45) is 0 Å². The molecule has 1 heterocycles. The number of alkyl halides is 2. The summed E-state index contributed by atoms with van der Waals surface area (Å²) in [5.41, 5.74) is 0.0516. The van der Waals surface area contributed by atoms with Crippen LogP contribution in [0.5, 0.6) is 0 Å². The normalized spacial score (nSPS) is 11.2. The van der Waals surface area contributed by atoms with Crippen molar-refractivity contribution in [1.29, 1.82) is 0 Å². The summed E-state index contributed by atoms with van der Waals surface area (Å²) < 4.78 is 30.2. The summed E-state index contributed by atoms with van der Waals surface area (Å²) in [6, 6.07) is 11.1. The van der Waals surface area contributed by atoms with Gasteiger partial charge in [-0.05, 0) is 29.1 Å². The van der Waals surface area contributed by atoms with Crippen molar-refractivity contribution in [3.63, 3.8) is 0 Å². The number of carbonyl (C=O) groups excluding carboxylic acids is 1. The maximum absolute atomic E-state index is 12.9. The highest BCUT2D eigenvalue weighted by atomic mass is 79.9. The lowest BCUT2D eigenvalue weighted by molar-refractivity contribution is 0.0982. The summed E-state index contributed by atoms with van der Waals surface area (Å²) in [6.07, 6.45) is -2.83. The summed E-state index contributed by atoms with van der Waals surface area (Å²) in [5.74, 6) is -0.553. The first-order chi connectivity index (χ1) is 11.0. The van der Waals surface area contributed by atoms with Crippen molar-refractivity contribution in [2.75, 3.05) is 11.9 Å². The zero-order valence-corrected chi connectivity index (χ0v) is 14.2. The molecule has 3 rings (SSSR count). The fraction of sp³-hybridized carbons (Fsp3) is 0.133. The van der Waals surface area contributed by atoms with Crippen LogP contribution in [0.15, 0.2) is 40.9 Å². The van der Waals surface area contributed by atoms with E-state index in [2.05, 4.69) is 25.5 Å². The molecule has 0 aliphatic heterocycles. The van der Waals surface area contributed by atoms with Gasteiger partial charge in [-0.25, -0.2) is 8.78 Å². The topological polar surface area (TPSA) is 46.1 Å². The van der Waals surface area contributed by atoms with Gasteiger partial charge in [0, 0.05) is 16.9 Å². The van der Waals surface area contributed by atoms with Crippen LogP contribution in [0.2, 0.25) is 0 Å². The number of fused-ring (bicyclic) bond motifs is 1. The fourth-order valence-electron chi connectivity index (χ4n) is 2.29. The van der Waals surface area contributed by atoms with Gasteiger partial charge >= 0.3 is 0 Å². The first-order valence-corrected chi connectivity index (χ1v) is 8.13. The Morgan fingerprint density at radius 2 is 1.91 bits per heavy atom. The van der Waals surface area contributed by atoms with E-state index in [0.29, 0.717) is 17.2 Å². The highest BCUT2D eigenvalue weighted by Crippen LogP contribution is 2.33. The lowest BCUT2D eigenvalue weighted by atomic mass is 10.1. The minimum absolute atomic E-state index is 0.144. The summed E-state index contributed by atoms with van der Waals surface area (Å²) >= 11 is 4.14. The highest BCUT2D eigenvalue weighted by molar-refractivity contribution is 9.10. The smallest absolute Gasteiger partial charge is 0.283 e. The van der Waals surface area contributed by atoms with E-state index in [-0.39, 0.29) is 4.88 Å². The molecular weight excluding hydrogens is 388 g/mol. The monoisotopic (exact) mass is 397 g/mol. The Hall–Kier alpha value is -1.93. The minimum Gasteiger partial charge on any atom is -0.310 e. The Morgan fingerprint density at radius 1 is 1.22 bits per heavy atom. The number of hydrogen-bond acceptors (Lipinski definition) is 4. The van der Waals surface area contributed by atoms with Crippen LogP contribution in [0, 0.1) is 0 Å². The maximum Gasteiger partial charge on any atom is 0.283 e. The molecule has 0 N–H and O–H groups in total. The third-order valence-corrected chi connectivity index (χ3v) is 4.85. The van der Waals surface area contributed by atoms with Gasteiger partial charge in [0.25, 0.3) is 12.3 Å². The number of aromatic nitrogens is 2. The maximum atomic E-state index is 12.9. The second kappa shape index (κ2) is 6.29. The predicted octanol–water partition coefficient (Wildman–Crippen LogP) is 4.67. The Kier molecular flexibility index (Phi) is 4.36. The Labute approximate surface area is 143 Å². The van der Waals surface area contributed by atoms with Gasteiger partial charge in [0.2, 0.25) is 0 Å². The van der Waals surface area contributed by atoms with Gasteiger partial charge in [0.1, 0.15) is 4.88 Å². The first-order valence-electron chi connectivity index (χ1n) is 6.56. The molecule has 0 bridgehead atoms. The standard InChI is InChI=1S/C15H10BrF2N3OS/c1-21(15(22)13-12(14(17)18)19-20-23-13)11-7-6-10(16)8-4-2-3-5-9(8)11/h2-7,14H,1H3. The Morgan fingerprint density at radius 3 is 2.61 bits per heavy atom. The van der Waals surface area contributed by atoms with Crippen LogP contribution in [0.3, 0.4) is 0 Å². The van der Waals surface area contributed by atoms with Gasteiger partial charge in [-0.3, -0.25) is 4.79 Å². The number of benzene rings is 2. The number of nitrogens with zero attached hydrogens (tertiary/aromatic N) is 3. The largest absolute Gasteiger partial charge is 0.310 e. The molecule has 1 amide bonds. The Bertz CT molecular complexity index is 884. The molecule has 0 saturated heterocycles. The molecule has 2 aromatic carbocycles. The quantitative estimate of drug-likeness (QED) is 0.644. The summed E-state index contributed by atoms with van der Waals surface area (Å²) in [5, 5.41) is 5.13. The highest BCUT2D eigenvalue weighted by Gasteiger charge is 2.26. The van der Waals surface area contributed by atoms with Crippen molar-refractivity contribution >= 4 is 49.8 Å². The molecule has 118 valence electrons. The molecule has 0 aliphatic carbocycles. The second-order valence-electron chi connectivity index (χ2n) is 4.76. The van der Waals surface area contributed by atoms with Crippen LogP contribution in [0.25, 0.3) is 10.8 Å². The lowest BCUT2D eigenvalue weighted by Gasteiger charge is -2.19. The SMILES string of the molecule is CN(C(=O)c1snnc1C(F)F)c1ccc(Br)c2ccccc12. The van der Waals surface area contributed by atoms with E-state index in [9.17, 15) is 13.6 Å². The van der Waals surface area contributed by atoms with Gasteiger partial charge in [0.05, 0.1) is 5.69 Å². The Balaban J connectivity index is 2.07. The van der Waals surface area contributed by atoms with Crippen LogP contribution < -0.4 is 4.90 Å². The average molecular weight is 398 g/mol. The van der Waals surface area contributed by atoms with Crippen LogP contribution in [-0.2, 0) is 0 Å². The van der Waals surface area contributed by atoms with E-state index in [1.54, 1.807) is 13.1 Å². The van der Waals surface area contributed by atoms with Gasteiger partial charge in [0.15, 0.2) is 5.69 Å². The van der Waals surface area contributed by atoms with Gasteiger partial charge in [-0.1, -0.05) is 44.7 Å². The van der Waals surface area contributed by atoms with Crippen molar-refractivity contribution in [3.8, 4) is 0 Å². The summed E-state index contributed by atoms with van der Waals surface area (Å²) in [4.78, 5) is 13.8. The van der Waals surface area contributed by atoms with Crippen LogP contribution in [0.1, 0.15) is 21.8 Å². The first kappa shape index (κ1) is 15.9. The van der Waals surface area contributed by atoms with Crippen molar-refractivity contribution in [2.45, 2.75) is 6.43 Å². The van der Waals surface area contributed by atoms with E-state index in [4.69, 9.17) is 0 Å². The predicted molar refractivity (Wildman–Crippen MR) is 89.2 cm³/mol. The molecular formula is C15H10BrF2N3OS. The van der Waals surface area contributed by atoms with E-state index < -0.39 is 18.0 Å². The summed E-state index contributed by atoms with van der Waals surface area (Å²) in [7, 11) is 1.55. The lowest BCUT2D eigenvalue weighted by Crippen LogP contribution is -2.26. The molecule has 8 heteroatoms. The van der Waals surface area contributed by atoms with Gasteiger partial charge in [-0.2, -0.15) is 0 Å². The van der Waals surface area contributed by atoms with Crippen LogP contribution in [-0.4, -0.2) is 22.5 Å². The molecule has 1 aromatic heterocycles. The number of carbonyl (C=O) groups is 1. The third-order valence-electron chi connectivity index (χ3n) is 3.43. The molecule has 0 spiro atoms. The molecule has 0 saturated carbocycles. The van der Waals surface area contributed by atoms with Crippen molar-refractivity contribution in [1.82, 2.24) is 9.59 Å². The second-order valence-corrected chi connectivity index (χ2v) is 6.37. The number of anilines is 1. The number of hydrogen-bond donors (Lipinski definition) is 0.